The van der Waals surface area contributed by atoms with E-state index in [0.29, 0.717) is 19.4 Å². The Hall–Kier alpha value is -1.29. The minimum absolute atomic E-state index is 0.486. The topological polar surface area (TPSA) is 62.5 Å². The monoisotopic (exact) mass is 237 g/mol. The Kier molecular flexibility index (Phi) is 3.52. The van der Waals surface area contributed by atoms with Gasteiger partial charge in [0.05, 0.1) is 6.54 Å². The van der Waals surface area contributed by atoms with Crippen LogP contribution in [0.2, 0.25) is 0 Å². The average Bonchev–Trinajstić information content (AvgIpc) is 2.74. The summed E-state index contributed by atoms with van der Waals surface area (Å²) in [4.78, 5) is 11.4. The number of rotatable bonds is 4. The van der Waals surface area contributed by atoms with Crippen LogP contribution in [0.25, 0.3) is 0 Å². The minimum atomic E-state index is -0.751. The van der Waals surface area contributed by atoms with Gasteiger partial charge >= 0.3 is 5.97 Å². The molecule has 0 atom stereocenters. The van der Waals surface area contributed by atoms with Crippen molar-refractivity contribution in [3.05, 3.63) is 23.7 Å². The van der Waals surface area contributed by atoms with Crippen LogP contribution in [0, 0.1) is 6.92 Å². The van der Waals surface area contributed by atoms with Crippen molar-refractivity contribution in [2.45, 2.75) is 51.1 Å². The van der Waals surface area contributed by atoms with E-state index in [9.17, 15) is 9.90 Å². The van der Waals surface area contributed by atoms with Gasteiger partial charge in [-0.1, -0.05) is 19.3 Å². The first-order chi connectivity index (χ1) is 8.12. The van der Waals surface area contributed by atoms with Crippen molar-refractivity contribution >= 4 is 5.97 Å². The molecule has 1 heterocycles. The quantitative estimate of drug-likeness (QED) is 0.844. The van der Waals surface area contributed by atoms with Gasteiger partial charge in [-0.3, -0.25) is 10.1 Å². The number of aliphatic carboxylic acids is 1. The fourth-order valence-corrected chi connectivity index (χ4v) is 2.46. The molecule has 1 aromatic heterocycles. The number of carbonyl (C=O) groups is 1. The number of nitrogens with one attached hydrogen (secondary N) is 1. The molecule has 94 valence electrons. The first-order valence-electron chi connectivity index (χ1n) is 6.16. The molecule has 1 aromatic rings. The highest BCUT2D eigenvalue weighted by Crippen LogP contribution is 2.28. The van der Waals surface area contributed by atoms with Crippen LogP contribution in [0.4, 0.5) is 0 Å². The average molecular weight is 237 g/mol. The molecule has 4 heteroatoms. The van der Waals surface area contributed by atoms with Gasteiger partial charge < -0.3 is 9.52 Å². The molecule has 1 aliphatic carbocycles. The maximum atomic E-state index is 11.4. The Balaban J connectivity index is 2.00. The third-order valence-corrected chi connectivity index (χ3v) is 3.51. The molecule has 2 rings (SSSR count). The van der Waals surface area contributed by atoms with Crippen LogP contribution in [-0.4, -0.2) is 16.6 Å². The van der Waals surface area contributed by atoms with E-state index in [0.717, 1.165) is 30.8 Å². The highest BCUT2D eigenvalue weighted by molar-refractivity contribution is 5.78. The summed E-state index contributed by atoms with van der Waals surface area (Å²) >= 11 is 0. The second-order valence-electron chi connectivity index (χ2n) is 4.81. The molecule has 0 bridgehead atoms. The number of hydrogen-bond acceptors (Lipinski definition) is 3. The lowest BCUT2D eigenvalue weighted by atomic mass is 9.81. The third kappa shape index (κ3) is 2.69. The van der Waals surface area contributed by atoms with E-state index in [-0.39, 0.29) is 0 Å². The zero-order chi connectivity index (χ0) is 12.3. The standard InChI is InChI=1S/C13H19NO3/c1-10-5-6-11(17-10)9-14-13(12(15)16)7-3-2-4-8-13/h5-6,14H,2-4,7-9H2,1H3,(H,15,16). The van der Waals surface area contributed by atoms with Gasteiger partial charge in [-0.2, -0.15) is 0 Å². The number of carboxylic acids is 1. The number of aryl methyl sites for hydroxylation is 1. The molecule has 0 radical (unpaired) electrons. The first kappa shape index (κ1) is 12.2. The Labute approximate surface area is 101 Å². The minimum Gasteiger partial charge on any atom is -0.480 e. The predicted octanol–water partition coefficient (Wildman–Crippen LogP) is 2.47. The second kappa shape index (κ2) is 4.92. The molecule has 0 unspecified atom stereocenters. The fourth-order valence-electron chi connectivity index (χ4n) is 2.46. The van der Waals surface area contributed by atoms with Crippen LogP contribution in [0.3, 0.4) is 0 Å². The molecule has 4 nitrogen and oxygen atoms in total. The summed E-state index contributed by atoms with van der Waals surface area (Å²) in [5.41, 5.74) is -0.751. The van der Waals surface area contributed by atoms with Crippen LogP contribution in [-0.2, 0) is 11.3 Å². The SMILES string of the molecule is Cc1ccc(CNC2(C(=O)O)CCCCC2)o1. The summed E-state index contributed by atoms with van der Waals surface area (Å²) in [6.07, 6.45) is 4.52. The Morgan fingerprint density at radius 3 is 2.65 bits per heavy atom. The molecule has 1 saturated carbocycles. The van der Waals surface area contributed by atoms with Crippen LogP contribution in [0.1, 0.15) is 43.6 Å². The molecule has 0 saturated heterocycles. The molecular formula is C13H19NO3. The summed E-state index contributed by atoms with van der Waals surface area (Å²) in [6.45, 7) is 2.37. The molecule has 0 amide bonds. The molecule has 17 heavy (non-hydrogen) atoms. The predicted molar refractivity (Wildman–Crippen MR) is 63.7 cm³/mol. The molecule has 0 aromatic carbocycles. The van der Waals surface area contributed by atoms with Crippen molar-refractivity contribution in [1.82, 2.24) is 5.32 Å². The first-order valence-corrected chi connectivity index (χ1v) is 6.16. The fraction of sp³-hybridized carbons (Fsp3) is 0.615. The number of carboxylic acid groups (broad SMARTS) is 1. The lowest BCUT2D eigenvalue weighted by Crippen LogP contribution is -2.52. The van der Waals surface area contributed by atoms with Crippen molar-refractivity contribution in [1.29, 1.82) is 0 Å². The zero-order valence-electron chi connectivity index (χ0n) is 10.2. The Morgan fingerprint density at radius 1 is 1.41 bits per heavy atom. The van der Waals surface area contributed by atoms with Gasteiger partial charge in [0.1, 0.15) is 17.1 Å². The largest absolute Gasteiger partial charge is 0.480 e. The van der Waals surface area contributed by atoms with Crippen molar-refractivity contribution in [3.63, 3.8) is 0 Å². The maximum Gasteiger partial charge on any atom is 0.323 e. The molecular weight excluding hydrogens is 218 g/mol. The summed E-state index contributed by atoms with van der Waals surface area (Å²) in [6, 6.07) is 3.78. The van der Waals surface area contributed by atoms with Crippen LogP contribution >= 0.6 is 0 Å². The van der Waals surface area contributed by atoms with Gasteiger partial charge in [0.25, 0.3) is 0 Å². The summed E-state index contributed by atoms with van der Waals surface area (Å²) in [5.74, 6) is 0.920. The van der Waals surface area contributed by atoms with E-state index in [1.165, 1.54) is 0 Å². The highest BCUT2D eigenvalue weighted by Gasteiger charge is 2.39. The van der Waals surface area contributed by atoms with E-state index in [1.54, 1.807) is 0 Å². The van der Waals surface area contributed by atoms with Gasteiger partial charge in [-0.25, -0.2) is 0 Å². The van der Waals surface area contributed by atoms with E-state index >= 15 is 0 Å². The Morgan fingerprint density at radius 2 is 2.12 bits per heavy atom. The van der Waals surface area contributed by atoms with Gasteiger partial charge in [-0.05, 0) is 31.9 Å². The summed E-state index contributed by atoms with van der Waals surface area (Å²) in [7, 11) is 0. The number of hydrogen-bond donors (Lipinski definition) is 2. The lowest BCUT2D eigenvalue weighted by molar-refractivity contribution is -0.146. The zero-order valence-corrected chi connectivity index (χ0v) is 10.2. The molecule has 0 aliphatic heterocycles. The van der Waals surface area contributed by atoms with E-state index < -0.39 is 11.5 Å². The third-order valence-electron chi connectivity index (χ3n) is 3.51. The van der Waals surface area contributed by atoms with Crippen molar-refractivity contribution in [2.24, 2.45) is 0 Å². The number of furan rings is 1. The van der Waals surface area contributed by atoms with Crippen LogP contribution in [0.15, 0.2) is 16.5 Å². The van der Waals surface area contributed by atoms with Gasteiger partial charge in [0.2, 0.25) is 0 Å². The van der Waals surface area contributed by atoms with Crippen molar-refractivity contribution in [2.75, 3.05) is 0 Å². The van der Waals surface area contributed by atoms with Crippen molar-refractivity contribution in [3.8, 4) is 0 Å². The molecule has 1 aliphatic rings. The van der Waals surface area contributed by atoms with Gasteiger partial charge in [0, 0.05) is 0 Å². The second-order valence-corrected chi connectivity index (χ2v) is 4.81. The Bertz CT molecular complexity index is 391. The lowest BCUT2D eigenvalue weighted by Gasteiger charge is -2.33. The molecule has 2 N–H and O–H groups in total. The highest BCUT2D eigenvalue weighted by atomic mass is 16.4. The van der Waals surface area contributed by atoms with Gasteiger partial charge in [0.15, 0.2) is 0 Å². The molecule has 0 spiro atoms. The smallest absolute Gasteiger partial charge is 0.323 e. The van der Waals surface area contributed by atoms with Gasteiger partial charge in [-0.15, -0.1) is 0 Å². The van der Waals surface area contributed by atoms with Crippen molar-refractivity contribution < 1.29 is 14.3 Å². The maximum absolute atomic E-state index is 11.4. The summed E-state index contributed by atoms with van der Waals surface area (Å²) in [5, 5.41) is 12.5. The van der Waals surface area contributed by atoms with E-state index in [2.05, 4.69) is 5.32 Å². The van der Waals surface area contributed by atoms with Crippen LogP contribution in [0.5, 0.6) is 0 Å². The van der Waals surface area contributed by atoms with E-state index in [1.807, 2.05) is 19.1 Å². The normalized spacial score (nSPS) is 19.1. The van der Waals surface area contributed by atoms with E-state index in [4.69, 9.17) is 4.42 Å². The summed E-state index contributed by atoms with van der Waals surface area (Å²) < 4.78 is 5.44. The van der Waals surface area contributed by atoms with Crippen LogP contribution < -0.4 is 5.32 Å². The molecule has 1 fully saturated rings.